The van der Waals surface area contributed by atoms with Crippen molar-refractivity contribution in [3.63, 3.8) is 0 Å². The summed E-state index contributed by atoms with van der Waals surface area (Å²) in [4.78, 5) is 0. The number of hydrogen-bond donors (Lipinski definition) is 1. The van der Waals surface area contributed by atoms with Gasteiger partial charge < -0.3 is 9.53 Å². The van der Waals surface area contributed by atoms with Crippen LogP contribution in [0.15, 0.2) is 12.7 Å². The molecule has 2 nitrogen and oxygen atoms in total. The molecule has 0 saturated carbocycles. The molecule has 0 heterocycles. The first kappa shape index (κ1) is 12.9. The van der Waals surface area contributed by atoms with Crippen molar-refractivity contribution in [2.75, 3.05) is 6.61 Å². The third-order valence-corrected chi connectivity index (χ3v) is 2.84. The lowest BCUT2D eigenvalue weighted by molar-refractivity contribution is 0.0284. The molecular weight excluding hydrogens is 180 g/mol. The molecule has 0 aliphatic rings. The van der Waals surface area contributed by atoms with Crippen LogP contribution in [-0.4, -0.2) is 26.4 Å². The van der Waals surface area contributed by atoms with E-state index in [2.05, 4.69) is 26.6 Å². The summed E-state index contributed by atoms with van der Waals surface area (Å²) in [5, 5.41) is 9.98. The van der Waals surface area contributed by atoms with E-state index in [0.29, 0.717) is 6.61 Å². The molecule has 78 valence electrons. The summed E-state index contributed by atoms with van der Waals surface area (Å²) in [6, 6.07) is 0. The monoisotopic (exact) mass is 202 g/mol. The van der Waals surface area contributed by atoms with E-state index < -0.39 is 14.6 Å². The van der Waals surface area contributed by atoms with Gasteiger partial charge in [0.1, 0.15) is 5.60 Å². The Labute approximate surface area is 83.3 Å². The summed E-state index contributed by atoms with van der Waals surface area (Å²) in [5.41, 5.74) is -0.798. The second kappa shape index (κ2) is 6.35. The van der Waals surface area contributed by atoms with Crippen molar-refractivity contribution in [3.05, 3.63) is 12.7 Å². The minimum absolute atomic E-state index is 0.417. The lowest BCUT2D eigenvalue weighted by Crippen LogP contribution is -2.34. The van der Waals surface area contributed by atoms with Crippen LogP contribution in [0.3, 0.4) is 0 Å². The van der Waals surface area contributed by atoms with E-state index in [9.17, 15) is 5.11 Å². The van der Waals surface area contributed by atoms with Gasteiger partial charge in [0.2, 0.25) is 0 Å². The van der Waals surface area contributed by atoms with Gasteiger partial charge in [0, 0.05) is 0 Å². The third-order valence-electron chi connectivity index (χ3n) is 2.01. The summed E-state index contributed by atoms with van der Waals surface area (Å²) in [6.45, 7) is 10.4. The van der Waals surface area contributed by atoms with Gasteiger partial charge in [-0.1, -0.05) is 25.8 Å². The second-order valence-corrected chi connectivity index (χ2v) is 6.20. The van der Waals surface area contributed by atoms with Crippen molar-refractivity contribution in [1.29, 1.82) is 0 Å². The van der Waals surface area contributed by atoms with Gasteiger partial charge in [-0.2, -0.15) is 0 Å². The molecule has 1 atom stereocenters. The molecular formula is C10H22O2Si. The van der Waals surface area contributed by atoms with Gasteiger partial charge in [0.25, 0.3) is 0 Å². The van der Waals surface area contributed by atoms with Gasteiger partial charge in [-0.3, -0.25) is 0 Å². The normalized spacial score (nSPS) is 15.8. The Kier molecular flexibility index (Phi) is 6.29. The summed E-state index contributed by atoms with van der Waals surface area (Å²) >= 11 is 0. The predicted octanol–water partition coefficient (Wildman–Crippen LogP) is 2.09. The summed E-state index contributed by atoms with van der Waals surface area (Å²) in [6.07, 6.45) is 4.48. The Morgan fingerprint density at radius 1 is 1.54 bits per heavy atom. The maximum absolute atomic E-state index is 9.98. The molecule has 1 unspecified atom stereocenters. The third kappa shape index (κ3) is 6.02. The Morgan fingerprint density at radius 3 is 2.54 bits per heavy atom. The van der Waals surface area contributed by atoms with E-state index in [1.807, 2.05) is 0 Å². The molecule has 13 heavy (non-hydrogen) atoms. The van der Waals surface area contributed by atoms with Gasteiger partial charge in [-0.05, 0) is 19.5 Å². The molecule has 1 N–H and O–H groups in total. The average Bonchev–Trinajstić information content (AvgIpc) is 2.11. The molecule has 0 spiro atoms. The molecule has 0 radical (unpaired) electrons. The molecule has 0 aromatic rings. The summed E-state index contributed by atoms with van der Waals surface area (Å²) in [7, 11) is -1.03. The van der Waals surface area contributed by atoms with E-state index >= 15 is 0 Å². The first-order valence-electron chi connectivity index (χ1n) is 5.01. The predicted molar refractivity (Wildman–Crippen MR) is 59.5 cm³/mol. The molecule has 0 rings (SSSR count). The Hall–Kier alpha value is -0.123. The lowest BCUT2D eigenvalue weighted by Gasteiger charge is -2.25. The first-order chi connectivity index (χ1) is 6.04. The number of hydrogen-bond acceptors (Lipinski definition) is 2. The Balaban J connectivity index is 3.88. The molecule has 0 aliphatic heterocycles. The Morgan fingerprint density at radius 2 is 2.15 bits per heavy atom. The maximum Gasteiger partial charge on any atom is 0.171 e. The zero-order valence-electron chi connectivity index (χ0n) is 9.05. The van der Waals surface area contributed by atoms with Crippen molar-refractivity contribution in [2.45, 2.75) is 44.9 Å². The summed E-state index contributed by atoms with van der Waals surface area (Å²) in [5.74, 6) is 0. The number of aliphatic hydroxyl groups is 1. The van der Waals surface area contributed by atoms with Crippen molar-refractivity contribution in [3.8, 4) is 0 Å². The lowest BCUT2D eigenvalue weighted by atomic mass is 9.98. The highest BCUT2D eigenvalue weighted by molar-refractivity contribution is 6.48. The Bertz CT molecular complexity index is 148. The van der Waals surface area contributed by atoms with E-state index in [1.54, 1.807) is 6.08 Å². The van der Waals surface area contributed by atoms with E-state index in [-0.39, 0.29) is 0 Å². The molecule has 0 aliphatic carbocycles. The minimum Gasteiger partial charge on any atom is -0.417 e. The standard InChI is InChI=1S/C10H22O2Si/c1-5-7-8-10(11,6-2)9-12-13(3)4/h6,11,13H,2,5,7-9H2,1,3-4H3. The van der Waals surface area contributed by atoms with Crippen LogP contribution in [-0.2, 0) is 4.43 Å². The van der Waals surface area contributed by atoms with E-state index in [1.165, 1.54) is 0 Å². The topological polar surface area (TPSA) is 29.5 Å². The first-order valence-corrected chi connectivity index (χ1v) is 7.79. The van der Waals surface area contributed by atoms with Crippen LogP contribution in [0.1, 0.15) is 26.2 Å². The SMILES string of the molecule is C=CC(O)(CCCC)CO[SiH](C)C. The quantitative estimate of drug-likeness (QED) is 0.506. The smallest absolute Gasteiger partial charge is 0.171 e. The van der Waals surface area contributed by atoms with Crippen LogP contribution >= 0.6 is 0 Å². The molecule has 3 heteroatoms. The van der Waals surface area contributed by atoms with Gasteiger partial charge in [0.05, 0.1) is 6.61 Å². The fourth-order valence-corrected chi connectivity index (χ4v) is 1.65. The minimum atomic E-state index is -1.03. The van der Waals surface area contributed by atoms with Crippen molar-refractivity contribution in [1.82, 2.24) is 0 Å². The summed E-state index contributed by atoms with van der Waals surface area (Å²) < 4.78 is 5.51. The molecule has 0 bridgehead atoms. The van der Waals surface area contributed by atoms with Gasteiger partial charge in [-0.15, -0.1) is 6.58 Å². The molecule has 0 fully saturated rings. The van der Waals surface area contributed by atoms with Crippen molar-refractivity contribution in [2.24, 2.45) is 0 Å². The number of rotatable bonds is 7. The van der Waals surface area contributed by atoms with E-state index in [0.717, 1.165) is 19.3 Å². The van der Waals surface area contributed by atoms with Crippen molar-refractivity contribution >= 4 is 9.04 Å². The molecule has 0 aromatic carbocycles. The second-order valence-electron chi connectivity index (χ2n) is 3.77. The largest absolute Gasteiger partial charge is 0.417 e. The van der Waals surface area contributed by atoms with Gasteiger partial charge in [0.15, 0.2) is 9.04 Å². The maximum atomic E-state index is 9.98. The van der Waals surface area contributed by atoms with E-state index in [4.69, 9.17) is 4.43 Å². The van der Waals surface area contributed by atoms with Crippen LogP contribution in [0.2, 0.25) is 13.1 Å². The zero-order valence-corrected chi connectivity index (χ0v) is 10.2. The van der Waals surface area contributed by atoms with Gasteiger partial charge >= 0.3 is 0 Å². The fraction of sp³-hybridized carbons (Fsp3) is 0.800. The number of unbranched alkanes of at least 4 members (excludes halogenated alkanes) is 1. The highest BCUT2D eigenvalue weighted by atomic mass is 28.3. The zero-order chi connectivity index (χ0) is 10.3. The molecule has 0 amide bonds. The van der Waals surface area contributed by atoms with Crippen LogP contribution < -0.4 is 0 Å². The molecule has 0 aromatic heterocycles. The van der Waals surface area contributed by atoms with Crippen LogP contribution in [0.5, 0.6) is 0 Å². The highest BCUT2D eigenvalue weighted by Crippen LogP contribution is 2.16. The van der Waals surface area contributed by atoms with Gasteiger partial charge in [-0.25, -0.2) is 0 Å². The van der Waals surface area contributed by atoms with Crippen LogP contribution in [0.25, 0.3) is 0 Å². The average molecular weight is 202 g/mol. The van der Waals surface area contributed by atoms with Crippen molar-refractivity contribution < 1.29 is 9.53 Å². The van der Waals surface area contributed by atoms with Crippen LogP contribution in [0.4, 0.5) is 0 Å². The van der Waals surface area contributed by atoms with Crippen LogP contribution in [0, 0.1) is 0 Å². The fourth-order valence-electron chi connectivity index (χ4n) is 1.03. The molecule has 0 saturated heterocycles. The highest BCUT2D eigenvalue weighted by Gasteiger charge is 2.22.